The Morgan fingerprint density at radius 1 is 1.11 bits per heavy atom. The molecule has 0 unspecified atom stereocenters. The smallest absolute Gasteiger partial charge is 0.227 e. The van der Waals surface area contributed by atoms with Gasteiger partial charge < -0.3 is 4.42 Å². The number of oxazole rings is 1. The Morgan fingerprint density at radius 3 is 2.72 bits per heavy atom. The van der Waals surface area contributed by atoms with Gasteiger partial charge in [-0.1, -0.05) is 25.1 Å². The summed E-state index contributed by atoms with van der Waals surface area (Å²) in [5.41, 5.74) is 2.78. The van der Waals surface area contributed by atoms with Crippen molar-refractivity contribution in [3.05, 3.63) is 48.5 Å². The lowest BCUT2D eigenvalue weighted by Gasteiger charge is -1.95. The molecule has 0 fully saturated rings. The van der Waals surface area contributed by atoms with Crippen LogP contribution in [-0.2, 0) is 0 Å². The molecule has 90 valence electrons. The third-order valence-electron chi connectivity index (χ3n) is 2.69. The number of hydrogen-bond donors (Lipinski definition) is 0. The van der Waals surface area contributed by atoms with Gasteiger partial charge in [-0.15, -0.1) is 11.8 Å². The number of fused-ring (bicyclic) bond motifs is 1. The van der Waals surface area contributed by atoms with E-state index < -0.39 is 0 Å². The number of hydrogen-bond acceptors (Lipinski definition) is 3. The van der Waals surface area contributed by atoms with Crippen molar-refractivity contribution in [1.29, 1.82) is 0 Å². The molecule has 2 aromatic carbocycles. The van der Waals surface area contributed by atoms with Crippen LogP contribution in [0.2, 0.25) is 0 Å². The first kappa shape index (κ1) is 11.4. The van der Waals surface area contributed by atoms with Gasteiger partial charge in [-0.05, 0) is 36.1 Å². The van der Waals surface area contributed by atoms with Gasteiger partial charge in [0.15, 0.2) is 5.58 Å². The molecule has 3 rings (SSSR count). The maximum Gasteiger partial charge on any atom is 0.227 e. The first-order valence-corrected chi connectivity index (χ1v) is 6.94. The van der Waals surface area contributed by atoms with Gasteiger partial charge in [0, 0.05) is 10.5 Å². The molecule has 0 bridgehead atoms. The predicted molar refractivity (Wildman–Crippen MR) is 75.8 cm³/mol. The van der Waals surface area contributed by atoms with E-state index in [2.05, 4.69) is 24.0 Å². The molecule has 1 aromatic heterocycles. The van der Waals surface area contributed by atoms with E-state index in [0.717, 1.165) is 22.4 Å². The summed E-state index contributed by atoms with van der Waals surface area (Å²) in [6.45, 7) is 2.15. The molecule has 0 aliphatic heterocycles. The Hall–Kier alpha value is -1.74. The van der Waals surface area contributed by atoms with E-state index in [1.807, 2.05) is 48.2 Å². The number of thioether (sulfide) groups is 1. The minimum absolute atomic E-state index is 0.684. The summed E-state index contributed by atoms with van der Waals surface area (Å²) in [4.78, 5) is 5.78. The monoisotopic (exact) mass is 255 g/mol. The SMILES string of the molecule is CCSc1ccc2oc(-c3ccccc3)nc2c1. The second-order valence-corrected chi connectivity index (χ2v) is 5.29. The normalized spacial score (nSPS) is 10.9. The Kier molecular flexibility index (Phi) is 3.07. The van der Waals surface area contributed by atoms with E-state index in [9.17, 15) is 0 Å². The van der Waals surface area contributed by atoms with Gasteiger partial charge in [-0.2, -0.15) is 0 Å². The van der Waals surface area contributed by atoms with Gasteiger partial charge in [-0.25, -0.2) is 4.98 Å². The predicted octanol–water partition coefficient (Wildman–Crippen LogP) is 4.61. The molecule has 0 spiro atoms. The maximum absolute atomic E-state index is 5.77. The molecule has 0 saturated carbocycles. The lowest BCUT2D eigenvalue weighted by Crippen LogP contribution is -1.75. The summed E-state index contributed by atoms with van der Waals surface area (Å²) in [5.74, 6) is 1.75. The highest BCUT2D eigenvalue weighted by Crippen LogP contribution is 2.27. The molecule has 0 saturated heterocycles. The lowest BCUT2D eigenvalue weighted by molar-refractivity contribution is 0.620. The fourth-order valence-corrected chi connectivity index (χ4v) is 2.56. The molecule has 2 nitrogen and oxygen atoms in total. The first-order valence-electron chi connectivity index (χ1n) is 5.95. The van der Waals surface area contributed by atoms with Gasteiger partial charge in [-0.3, -0.25) is 0 Å². The van der Waals surface area contributed by atoms with Gasteiger partial charge in [0.05, 0.1) is 0 Å². The molecule has 3 aromatic rings. The molecule has 0 N–H and O–H groups in total. The van der Waals surface area contributed by atoms with Crippen LogP contribution in [0.15, 0.2) is 57.8 Å². The van der Waals surface area contributed by atoms with Crippen molar-refractivity contribution >= 4 is 22.9 Å². The quantitative estimate of drug-likeness (QED) is 0.639. The van der Waals surface area contributed by atoms with Crippen LogP contribution >= 0.6 is 11.8 Å². The van der Waals surface area contributed by atoms with Crippen LogP contribution < -0.4 is 0 Å². The lowest BCUT2D eigenvalue weighted by atomic mass is 10.2. The highest BCUT2D eigenvalue weighted by Gasteiger charge is 2.08. The summed E-state index contributed by atoms with van der Waals surface area (Å²) in [7, 11) is 0. The van der Waals surface area contributed by atoms with Crippen LogP contribution in [0.5, 0.6) is 0 Å². The highest BCUT2D eigenvalue weighted by molar-refractivity contribution is 7.99. The Morgan fingerprint density at radius 2 is 1.94 bits per heavy atom. The molecule has 1 heterocycles. The Bertz CT molecular complexity index is 661. The second kappa shape index (κ2) is 4.86. The molecular weight excluding hydrogens is 242 g/mol. The highest BCUT2D eigenvalue weighted by atomic mass is 32.2. The average Bonchev–Trinajstić information content (AvgIpc) is 2.83. The number of aromatic nitrogens is 1. The van der Waals surface area contributed by atoms with Crippen molar-refractivity contribution in [3.8, 4) is 11.5 Å². The third kappa shape index (κ3) is 2.14. The standard InChI is InChI=1S/C15H13NOS/c1-2-18-12-8-9-14-13(10-12)16-15(17-14)11-6-4-3-5-7-11/h3-10H,2H2,1H3. The summed E-state index contributed by atoms with van der Waals surface area (Å²) < 4.78 is 5.77. The van der Waals surface area contributed by atoms with Crippen molar-refractivity contribution in [1.82, 2.24) is 4.98 Å². The maximum atomic E-state index is 5.77. The van der Waals surface area contributed by atoms with Crippen molar-refractivity contribution < 1.29 is 4.42 Å². The van der Waals surface area contributed by atoms with Crippen LogP contribution in [0.3, 0.4) is 0 Å². The molecule has 0 amide bonds. The van der Waals surface area contributed by atoms with Crippen LogP contribution in [0, 0.1) is 0 Å². The van der Waals surface area contributed by atoms with E-state index in [0.29, 0.717) is 5.89 Å². The van der Waals surface area contributed by atoms with E-state index in [4.69, 9.17) is 4.42 Å². The summed E-state index contributed by atoms with van der Waals surface area (Å²) in [6, 6.07) is 16.1. The third-order valence-corrected chi connectivity index (χ3v) is 3.57. The first-order chi connectivity index (χ1) is 8.86. The zero-order valence-corrected chi connectivity index (χ0v) is 10.9. The Balaban J connectivity index is 2.06. The van der Waals surface area contributed by atoms with Crippen molar-refractivity contribution in [3.63, 3.8) is 0 Å². The number of benzene rings is 2. The van der Waals surface area contributed by atoms with Crippen LogP contribution in [-0.4, -0.2) is 10.7 Å². The Labute approximate surface area is 110 Å². The topological polar surface area (TPSA) is 26.0 Å². The van der Waals surface area contributed by atoms with E-state index in [-0.39, 0.29) is 0 Å². The zero-order chi connectivity index (χ0) is 12.4. The molecule has 0 aliphatic rings. The molecule has 0 aliphatic carbocycles. The van der Waals surface area contributed by atoms with Crippen molar-refractivity contribution in [2.75, 3.05) is 5.75 Å². The van der Waals surface area contributed by atoms with Gasteiger partial charge in [0.2, 0.25) is 5.89 Å². The van der Waals surface area contributed by atoms with E-state index in [1.165, 1.54) is 4.90 Å². The molecule has 0 radical (unpaired) electrons. The largest absolute Gasteiger partial charge is 0.436 e. The van der Waals surface area contributed by atoms with Crippen LogP contribution in [0.25, 0.3) is 22.6 Å². The summed E-state index contributed by atoms with van der Waals surface area (Å²) in [6.07, 6.45) is 0. The molecule has 0 atom stereocenters. The molecular formula is C15H13NOS. The summed E-state index contributed by atoms with van der Waals surface area (Å²) >= 11 is 1.81. The number of rotatable bonds is 3. The van der Waals surface area contributed by atoms with Crippen LogP contribution in [0.1, 0.15) is 6.92 Å². The van der Waals surface area contributed by atoms with Crippen molar-refractivity contribution in [2.24, 2.45) is 0 Å². The van der Waals surface area contributed by atoms with Gasteiger partial charge in [0.1, 0.15) is 5.52 Å². The molecule has 18 heavy (non-hydrogen) atoms. The minimum Gasteiger partial charge on any atom is -0.436 e. The number of nitrogens with zero attached hydrogens (tertiary/aromatic N) is 1. The second-order valence-electron chi connectivity index (χ2n) is 3.95. The average molecular weight is 255 g/mol. The van der Waals surface area contributed by atoms with Crippen molar-refractivity contribution in [2.45, 2.75) is 11.8 Å². The summed E-state index contributed by atoms with van der Waals surface area (Å²) in [5, 5.41) is 0. The van der Waals surface area contributed by atoms with Crippen LogP contribution in [0.4, 0.5) is 0 Å². The fraction of sp³-hybridized carbons (Fsp3) is 0.133. The van der Waals surface area contributed by atoms with Gasteiger partial charge in [0.25, 0.3) is 0 Å². The molecule has 3 heteroatoms. The zero-order valence-electron chi connectivity index (χ0n) is 10.1. The van der Waals surface area contributed by atoms with Gasteiger partial charge >= 0.3 is 0 Å². The minimum atomic E-state index is 0.684. The fourth-order valence-electron chi connectivity index (χ4n) is 1.87. The van der Waals surface area contributed by atoms with E-state index in [1.54, 1.807) is 0 Å². The van der Waals surface area contributed by atoms with E-state index >= 15 is 0 Å².